The van der Waals surface area contributed by atoms with Crippen molar-refractivity contribution in [1.82, 2.24) is 0 Å². The summed E-state index contributed by atoms with van der Waals surface area (Å²) in [5.74, 6) is 1.43. The summed E-state index contributed by atoms with van der Waals surface area (Å²) in [6.07, 6.45) is 0. The average molecular weight is 307 g/mol. The molecule has 0 aliphatic heterocycles. The van der Waals surface area contributed by atoms with Crippen molar-refractivity contribution in [2.45, 2.75) is 13.5 Å². The molecule has 0 aliphatic rings. The van der Waals surface area contributed by atoms with Crippen LogP contribution in [-0.2, 0) is 6.54 Å². The van der Waals surface area contributed by atoms with Gasteiger partial charge in [-0.05, 0) is 25.1 Å². The first-order chi connectivity index (χ1) is 11.2. The third kappa shape index (κ3) is 4.19. The van der Waals surface area contributed by atoms with Crippen molar-refractivity contribution in [1.29, 1.82) is 0 Å². The van der Waals surface area contributed by atoms with Crippen LogP contribution in [0.3, 0.4) is 0 Å². The van der Waals surface area contributed by atoms with E-state index in [9.17, 15) is 0 Å². The Bertz CT molecular complexity index is 800. The van der Waals surface area contributed by atoms with E-state index >= 15 is 0 Å². The van der Waals surface area contributed by atoms with E-state index in [4.69, 9.17) is 16.0 Å². The fraction of sp³-hybridized carbons (Fsp3) is 0.222. The highest BCUT2D eigenvalue weighted by Gasteiger charge is 2.04. The number of hydrogen-bond acceptors (Lipinski definition) is 4. The Labute approximate surface area is 135 Å². The van der Waals surface area contributed by atoms with Crippen LogP contribution in [0, 0.1) is 13.5 Å². The van der Waals surface area contributed by atoms with Gasteiger partial charge in [0.05, 0.1) is 39.0 Å². The lowest BCUT2D eigenvalue weighted by molar-refractivity contribution is 0.391. The summed E-state index contributed by atoms with van der Waals surface area (Å²) in [5, 5.41) is 0. The monoisotopic (exact) mass is 307 g/mol. The molecule has 2 aromatic rings. The van der Waals surface area contributed by atoms with Crippen LogP contribution in [0.2, 0.25) is 0 Å². The van der Waals surface area contributed by atoms with Gasteiger partial charge in [0.1, 0.15) is 11.5 Å². The second kappa shape index (κ2) is 7.79. The Morgan fingerprint density at radius 2 is 1.96 bits per heavy atom. The number of ether oxygens (including phenoxy) is 2. The fourth-order valence-corrected chi connectivity index (χ4v) is 2.01. The topological polar surface area (TPSA) is 47.5 Å². The molecule has 0 spiro atoms. The summed E-state index contributed by atoms with van der Waals surface area (Å²) < 4.78 is 10.5. The average Bonchev–Trinajstić information content (AvgIpc) is 2.58. The van der Waals surface area contributed by atoms with Crippen LogP contribution in [-0.4, -0.2) is 20.2 Å². The predicted octanol–water partition coefficient (Wildman–Crippen LogP) is 4.57. The molecule has 0 atom stereocenters. The molecule has 23 heavy (non-hydrogen) atoms. The zero-order chi connectivity index (χ0) is 16.7. The van der Waals surface area contributed by atoms with E-state index in [1.807, 2.05) is 31.2 Å². The van der Waals surface area contributed by atoms with Gasteiger partial charge in [0, 0.05) is 11.6 Å². The quantitative estimate of drug-likeness (QED) is 0.600. The second-order valence-corrected chi connectivity index (χ2v) is 4.81. The highest BCUT2D eigenvalue weighted by atomic mass is 16.5. The summed E-state index contributed by atoms with van der Waals surface area (Å²) in [5.41, 5.74) is 3.01. The second-order valence-electron chi connectivity index (χ2n) is 4.81. The van der Waals surface area contributed by atoms with Gasteiger partial charge in [-0.2, -0.15) is 4.99 Å². The van der Waals surface area contributed by atoms with Crippen molar-refractivity contribution in [3.05, 3.63) is 58.9 Å². The molecule has 2 aromatic carbocycles. The largest absolute Gasteiger partial charge is 0.497 e. The van der Waals surface area contributed by atoms with E-state index in [1.54, 1.807) is 26.4 Å². The van der Waals surface area contributed by atoms with Gasteiger partial charge in [0.2, 0.25) is 5.69 Å². The van der Waals surface area contributed by atoms with Gasteiger partial charge in [0.15, 0.2) is 0 Å². The first-order valence-electron chi connectivity index (χ1n) is 6.99. The minimum Gasteiger partial charge on any atom is -0.497 e. The van der Waals surface area contributed by atoms with Crippen molar-refractivity contribution in [2.75, 3.05) is 14.2 Å². The van der Waals surface area contributed by atoms with Gasteiger partial charge < -0.3 is 9.47 Å². The molecule has 0 heterocycles. The molecule has 5 heteroatoms. The summed E-state index contributed by atoms with van der Waals surface area (Å²) in [7, 11) is 3.21. The van der Waals surface area contributed by atoms with Crippen LogP contribution in [0.1, 0.15) is 11.1 Å². The van der Waals surface area contributed by atoms with Crippen LogP contribution in [0.5, 0.6) is 11.5 Å². The lowest BCUT2D eigenvalue weighted by Gasteiger charge is -2.07. The van der Waals surface area contributed by atoms with E-state index < -0.39 is 0 Å². The highest BCUT2D eigenvalue weighted by Crippen LogP contribution is 2.28. The molecule has 2 rings (SSSR count). The van der Waals surface area contributed by atoms with Gasteiger partial charge in [0.25, 0.3) is 0 Å². The number of hydrogen-bond donors (Lipinski definition) is 0. The Balaban J connectivity index is 2.19. The number of aliphatic imine (C=N–C) groups is 2. The van der Waals surface area contributed by atoms with Crippen molar-refractivity contribution >= 4 is 17.4 Å². The molecule has 0 aliphatic carbocycles. The Kier molecular flexibility index (Phi) is 5.51. The van der Waals surface area contributed by atoms with Crippen LogP contribution in [0.4, 0.5) is 11.4 Å². The zero-order valence-corrected chi connectivity index (χ0v) is 13.3. The number of benzene rings is 2. The molecule has 0 unspecified atom stereocenters. The first-order valence-corrected chi connectivity index (χ1v) is 6.99. The highest BCUT2D eigenvalue weighted by molar-refractivity contribution is 5.70. The van der Waals surface area contributed by atoms with Crippen molar-refractivity contribution in [3.63, 3.8) is 0 Å². The fourth-order valence-electron chi connectivity index (χ4n) is 2.01. The summed E-state index contributed by atoms with van der Waals surface area (Å²) in [6.45, 7) is 9.47. The molecule has 0 radical (unpaired) electrons. The van der Waals surface area contributed by atoms with Crippen LogP contribution in [0.15, 0.2) is 46.4 Å². The van der Waals surface area contributed by atoms with Crippen LogP contribution < -0.4 is 9.47 Å². The number of aryl methyl sites for hydroxylation is 1. The minimum atomic E-state index is 0.385. The van der Waals surface area contributed by atoms with E-state index in [1.165, 1.54) is 0 Å². The lowest BCUT2D eigenvalue weighted by Crippen LogP contribution is -1.92. The maximum Gasteiger partial charge on any atom is 0.213 e. The van der Waals surface area contributed by atoms with Crippen molar-refractivity contribution in [3.8, 4) is 11.5 Å². The lowest BCUT2D eigenvalue weighted by atomic mass is 10.2. The van der Waals surface area contributed by atoms with Crippen LogP contribution >= 0.6 is 0 Å². The number of methoxy groups -OCH3 is 2. The summed E-state index contributed by atoms with van der Waals surface area (Å²) in [4.78, 5) is 11.7. The molecular formula is C18H17N3O2. The van der Waals surface area contributed by atoms with Crippen LogP contribution in [0.25, 0.3) is 4.85 Å². The van der Waals surface area contributed by atoms with E-state index in [0.29, 0.717) is 23.7 Å². The number of rotatable bonds is 5. The minimum absolute atomic E-state index is 0.385. The molecule has 0 aromatic heterocycles. The third-order valence-corrected chi connectivity index (χ3v) is 3.24. The molecule has 0 saturated carbocycles. The normalized spacial score (nSPS) is 9.48. The standard InChI is InChI=1S/C18H17N3O2/c1-13-5-8-16(19-2)17(9-13)21-12-20-11-14-6-7-15(22-3)10-18(14)23-4/h5-10H,11H2,1,3-4H3. The molecule has 5 nitrogen and oxygen atoms in total. The smallest absolute Gasteiger partial charge is 0.213 e. The Morgan fingerprint density at radius 1 is 1.13 bits per heavy atom. The van der Waals surface area contributed by atoms with Crippen molar-refractivity contribution < 1.29 is 9.47 Å². The van der Waals surface area contributed by atoms with Gasteiger partial charge in [-0.25, -0.2) is 9.84 Å². The summed E-state index contributed by atoms with van der Waals surface area (Å²) in [6, 6.07) is 13.7. The predicted molar refractivity (Wildman–Crippen MR) is 90.2 cm³/mol. The number of nitrogens with zero attached hydrogens (tertiary/aromatic N) is 3. The first kappa shape index (κ1) is 16.3. The van der Waals surface area contributed by atoms with Crippen molar-refractivity contribution in [2.24, 2.45) is 9.98 Å². The third-order valence-electron chi connectivity index (χ3n) is 3.24. The Morgan fingerprint density at radius 3 is 2.65 bits per heavy atom. The molecule has 0 bridgehead atoms. The van der Waals surface area contributed by atoms with E-state index in [2.05, 4.69) is 20.8 Å². The zero-order valence-electron chi connectivity index (χ0n) is 13.3. The summed E-state index contributed by atoms with van der Waals surface area (Å²) >= 11 is 0. The molecule has 0 fully saturated rings. The van der Waals surface area contributed by atoms with Gasteiger partial charge in [-0.15, -0.1) is 0 Å². The van der Waals surface area contributed by atoms with Gasteiger partial charge in [-0.3, -0.25) is 0 Å². The van der Waals surface area contributed by atoms with E-state index in [0.717, 1.165) is 16.9 Å². The molecule has 0 amide bonds. The van der Waals surface area contributed by atoms with Gasteiger partial charge >= 0.3 is 0 Å². The molecule has 116 valence electrons. The molecule has 0 saturated heterocycles. The van der Waals surface area contributed by atoms with E-state index in [-0.39, 0.29) is 0 Å². The van der Waals surface area contributed by atoms with Gasteiger partial charge in [-0.1, -0.05) is 17.7 Å². The molecular weight excluding hydrogens is 290 g/mol. The SMILES string of the molecule is [C-]#[N+]c1ccc(C)cc1N=C=NCc1ccc(OC)cc1OC. The maximum absolute atomic E-state index is 7.14. The maximum atomic E-state index is 7.14. The Hall–Kier alpha value is -3.09. The molecule has 0 N–H and O–H groups in total.